The topological polar surface area (TPSA) is 52.6 Å². The van der Waals surface area contributed by atoms with Gasteiger partial charge < -0.3 is 9.31 Å². The Morgan fingerprint density at radius 1 is 1.08 bits per heavy atom. The molecule has 0 aromatic rings. The molecule has 0 N–H and O–H groups in total. The molecule has 0 aliphatic carbocycles. The minimum absolute atomic E-state index is 0.581. The van der Waals surface area contributed by atoms with Crippen molar-refractivity contribution in [3.63, 3.8) is 0 Å². The molecule has 1 rings (SSSR count). The number of hydrogen-bond acceptors (Lipinski definition) is 4. The van der Waals surface area contributed by atoms with Crippen LogP contribution in [0.15, 0.2) is 0 Å². The van der Waals surface area contributed by atoms with Crippen LogP contribution in [0.3, 0.4) is 0 Å². The molecule has 1 fully saturated rings. The third-order valence-electron chi connectivity index (χ3n) is 1.17. The summed E-state index contributed by atoms with van der Waals surface area (Å²) in [6, 6.07) is 0. The Bertz CT molecular complexity index is 165. The molecule has 0 unspecified atom stereocenters. The minimum Gasteiger partial charge on any atom is -0.491 e. The Morgan fingerprint density at radius 3 is 1.77 bits per heavy atom. The van der Waals surface area contributed by atoms with Crippen LogP contribution in [0, 0.1) is 0 Å². The van der Waals surface area contributed by atoms with Gasteiger partial charge in [-0.05, 0) is 0 Å². The number of hydrogen-bond donors (Lipinski definition) is 0. The van der Waals surface area contributed by atoms with E-state index in [1.807, 2.05) is 6.92 Å². The molecule has 0 amide bonds. The fourth-order valence-electron chi connectivity index (χ4n) is 0.713. The summed E-state index contributed by atoms with van der Waals surface area (Å²) in [5.74, 6) is -1.75. The zero-order valence-electron chi connectivity index (χ0n) is 8.33. The van der Waals surface area contributed by atoms with E-state index in [2.05, 4.69) is 23.2 Å². The van der Waals surface area contributed by atoms with Crippen LogP contribution in [0.2, 0.25) is 6.32 Å². The third kappa shape index (κ3) is 4.55. The van der Waals surface area contributed by atoms with Crippen LogP contribution in [0.25, 0.3) is 0 Å². The molecule has 0 bridgehead atoms. The SMILES string of the molecule is CCC.CCCB1OC(=O)C(=O)O1. The van der Waals surface area contributed by atoms with Crippen LogP contribution < -0.4 is 0 Å². The molecule has 13 heavy (non-hydrogen) atoms. The van der Waals surface area contributed by atoms with Crippen molar-refractivity contribution in [3.8, 4) is 0 Å². The summed E-state index contributed by atoms with van der Waals surface area (Å²) in [5.41, 5.74) is 0. The first-order valence-corrected chi connectivity index (χ1v) is 4.57. The molecule has 1 saturated heterocycles. The highest BCUT2D eigenvalue weighted by atomic mass is 16.7. The molecule has 74 valence electrons. The summed E-state index contributed by atoms with van der Waals surface area (Å²) in [7, 11) is -0.634. The van der Waals surface area contributed by atoms with Gasteiger partial charge >= 0.3 is 19.1 Å². The molecular formula is C8H15BO4. The lowest BCUT2D eigenvalue weighted by Crippen LogP contribution is -2.13. The maximum atomic E-state index is 10.4. The standard InChI is InChI=1S/C5H7BO4.C3H8/c1-2-3-6-9-4(7)5(8)10-6;1-3-2/h2-3H2,1H3;3H2,1-2H3. The minimum atomic E-state index is -0.876. The van der Waals surface area contributed by atoms with E-state index >= 15 is 0 Å². The molecule has 0 aromatic carbocycles. The van der Waals surface area contributed by atoms with E-state index in [9.17, 15) is 9.59 Å². The van der Waals surface area contributed by atoms with Gasteiger partial charge in [-0.15, -0.1) is 0 Å². The Balaban J connectivity index is 0.000000424. The van der Waals surface area contributed by atoms with Crippen molar-refractivity contribution in [3.05, 3.63) is 0 Å². The van der Waals surface area contributed by atoms with Gasteiger partial charge in [-0.1, -0.05) is 33.6 Å². The lowest BCUT2D eigenvalue weighted by Gasteiger charge is -1.96. The molecule has 0 aromatic heterocycles. The van der Waals surface area contributed by atoms with Gasteiger partial charge in [0.05, 0.1) is 0 Å². The molecule has 1 heterocycles. The summed E-state index contributed by atoms with van der Waals surface area (Å²) in [5, 5.41) is 0. The fraction of sp³-hybridized carbons (Fsp3) is 0.750. The quantitative estimate of drug-likeness (QED) is 0.483. The van der Waals surface area contributed by atoms with Crippen LogP contribution >= 0.6 is 0 Å². The molecule has 5 heteroatoms. The van der Waals surface area contributed by atoms with Gasteiger partial charge in [0, 0.05) is 6.32 Å². The van der Waals surface area contributed by atoms with Gasteiger partial charge in [-0.2, -0.15) is 0 Å². The summed E-state index contributed by atoms with van der Waals surface area (Å²) in [4.78, 5) is 20.7. The molecule has 0 saturated carbocycles. The normalized spacial score (nSPS) is 14.5. The number of carbonyl (C=O) groups is 2. The van der Waals surface area contributed by atoms with Crippen molar-refractivity contribution in [2.75, 3.05) is 0 Å². The van der Waals surface area contributed by atoms with Crippen molar-refractivity contribution in [1.29, 1.82) is 0 Å². The van der Waals surface area contributed by atoms with Gasteiger partial charge in [0.2, 0.25) is 0 Å². The maximum absolute atomic E-state index is 10.4. The Hall–Kier alpha value is -0.995. The summed E-state index contributed by atoms with van der Waals surface area (Å²) in [6.45, 7) is 6.17. The van der Waals surface area contributed by atoms with Gasteiger partial charge in [0.15, 0.2) is 0 Å². The van der Waals surface area contributed by atoms with Gasteiger partial charge in [0.1, 0.15) is 0 Å². The van der Waals surface area contributed by atoms with Crippen LogP contribution in [0.5, 0.6) is 0 Å². The molecule has 0 radical (unpaired) electrons. The summed E-state index contributed by atoms with van der Waals surface area (Å²) >= 11 is 0. The van der Waals surface area contributed by atoms with Crippen molar-refractivity contribution >= 4 is 19.1 Å². The average Bonchev–Trinajstić information content (AvgIpc) is 2.33. The van der Waals surface area contributed by atoms with Crippen molar-refractivity contribution in [2.45, 2.75) is 39.9 Å². The molecule has 4 nitrogen and oxygen atoms in total. The first-order chi connectivity index (χ1) is 6.15. The molecule has 0 spiro atoms. The zero-order valence-corrected chi connectivity index (χ0v) is 8.33. The second-order valence-electron chi connectivity index (χ2n) is 2.74. The molecule has 1 aliphatic heterocycles. The summed E-state index contributed by atoms with van der Waals surface area (Å²) < 4.78 is 9.01. The number of carbonyl (C=O) groups excluding carboxylic acids is 2. The first kappa shape index (κ1) is 12.0. The van der Waals surface area contributed by atoms with Crippen molar-refractivity contribution in [1.82, 2.24) is 0 Å². The monoisotopic (exact) mass is 186 g/mol. The van der Waals surface area contributed by atoms with Crippen molar-refractivity contribution < 1.29 is 18.9 Å². The van der Waals surface area contributed by atoms with E-state index in [1.54, 1.807) is 0 Å². The lowest BCUT2D eigenvalue weighted by atomic mass is 9.84. The molecule has 0 atom stereocenters. The Labute approximate surface area is 78.7 Å². The maximum Gasteiger partial charge on any atom is 0.599 e. The van der Waals surface area contributed by atoms with Crippen LogP contribution in [-0.2, 0) is 18.9 Å². The van der Waals surface area contributed by atoms with Gasteiger partial charge in [-0.25, -0.2) is 9.59 Å². The second kappa shape index (κ2) is 6.51. The number of rotatable bonds is 2. The summed E-state index contributed by atoms with van der Waals surface area (Å²) in [6.07, 6.45) is 2.66. The van der Waals surface area contributed by atoms with E-state index in [0.717, 1.165) is 6.42 Å². The van der Waals surface area contributed by atoms with Gasteiger partial charge in [0.25, 0.3) is 0 Å². The van der Waals surface area contributed by atoms with Crippen LogP contribution in [-0.4, -0.2) is 19.1 Å². The second-order valence-corrected chi connectivity index (χ2v) is 2.74. The van der Waals surface area contributed by atoms with E-state index in [0.29, 0.717) is 6.32 Å². The largest absolute Gasteiger partial charge is 0.599 e. The third-order valence-corrected chi connectivity index (χ3v) is 1.17. The van der Waals surface area contributed by atoms with E-state index in [4.69, 9.17) is 0 Å². The van der Waals surface area contributed by atoms with Crippen LogP contribution in [0.4, 0.5) is 0 Å². The van der Waals surface area contributed by atoms with Crippen molar-refractivity contribution in [2.24, 2.45) is 0 Å². The highest BCUT2D eigenvalue weighted by molar-refractivity contribution is 6.60. The molecular weight excluding hydrogens is 171 g/mol. The average molecular weight is 186 g/mol. The van der Waals surface area contributed by atoms with Crippen LogP contribution in [0.1, 0.15) is 33.6 Å². The Morgan fingerprint density at radius 2 is 1.46 bits per heavy atom. The lowest BCUT2D eigenvalue weighted by molar-refractivity contribution is -0.150. The van der Waals surface area contributed by atoms with E-state index in [-0.39, 0.29) is 0 Å². The predicted octanol–water partition coefficient (Wildman–Crippen LogP) is 1.40. The van der Waals surface area contributed by atoms with E-state index in [1.165, 1.54) is 6.42 Å². The van der Waals surface area contributed by atoms with Gasteiger partial charge in [-0.3, -0.25) is 0 Å². The Kier molecular flexibility index (Phi) is 6.01. The highest BCUT2D eigenvalue weighted by Gasteiger charge is 2.38. The smallest absolute Gasteiger partial charge is 0.491 e. The zero-order chi connectivity index (χ0) is 10.3. The first-order valence-electron chi connectivity index (χ1n) is 4.57. The van der Waals surface area contributed by atoms with E-state index < -0.39 is 19.1 Å². The predicted molar refractivity (Wildman–Crippen MR) is 49.0 cm³/mol. The fourth-order valence-corrected chi connectivity index (χ4v) is 0.713. The molecule has 1 aliphatic rings. The highest BCUT2D eigenvalue weighted by Crippen LogP contribution is 2.08.